The molecule has 3 aromatic carbocycles. The summed E-state index contributed by atoms with van der Waals surface area (Å²) in [5.41, 5.74) is 2.90. The summed E-state index contributed by atoms with van der Waals surface area (Å²) in [6, 6.07) is 18.6. The minimum Gasteiger partial charge on any atom is -0.494 e. The zero-order chi connectivity index (χ0) is 26.8. The Morgan fingerprint density at radius 1 is 0.730 bits per heavy atom. The number of hydrogen-bond acceptors (Lipinski definition) is 7. The summed E-state index contributed by atoms with van der Waals surface area (Å²) >= 11 is 0. The van der Waals surface area contributed by atoms with E-state index in [-0.39, 0.29) is 0 Å². The fourth-order valence-corrected chi connectivity index (χ4v) is 3.18. The Kier molecular flexibility index (Phi) is 9.61. The van der Waals surface area contributed by atoms with Crippen LogP contribution < -0.4 is 14.2 Å². The molecule has 7 nitrogen and oxygen atoms in total. The lowest BCUT2D eigenvalue weighted by atomic mass is 10.1. The normalized spacial score (nSPS) is 10.4. The average Bonchev–Trinajstić information content (AvgIpc) is 2.88. The van der Waals surface area contributed by atoms with Gasteiger partial charge in [-0.1, -0.05) is 24.3 Å². The third-order valence-corrected chi connectivity index (χ3v) is 5.33. The zero-order valence-corrected chi connectivity index (χ0v) is 21.2. The van der Waals surface area contributed by atoms with Gasteiger partial charge >= 0.3 is 17.9 Å². The van der Waals surface area contributed by atoms with Crippen LogP contribution in [0.1, 0.15) is 51.6 Å². The van der Waals surface area contributed by atoms with Crippen molar-refractivity contribution in [1.29, 1.82) is 0 Å². The van der Waals surface area contributed by atoms with Gasteiger partial charge in [0.05, 0.1) is 24.3 Å². The van der Waals surface area contributed by atoms with Crippen LogP contribution in [0.25, 0.3) is 0 Å². The van der Waals surface area contributed by atoms with Crippen molar-refractivity contribution in [3.05, 3.63) is 101 Å². The van der Waals surface area contributed by atoms with Gasteiger partial charge < -0.3 is 18.9 Å². The van der Waals surface area contributed by atoms with Crippen LogP contribution in [-0.2, 0) is 9.53 Å². The van der Waals surface area contributed by atoms with Gasteiger partial charge in [-0.2, -0.15) is 0 Å². The quantitative estimate of drug-likeness (QED) is 0.137. The zero-order valence-electron chi connectivity index (χ0n) is 21.2. The number of esters is 3. The molecule has 0 spiro atoms. The topological polar surface area (TPSA) is 88.1 Å². The lowest BCUT2D eigenvalue weighted by Crippen LogP contribution is -2.10. The molecule has 192 valence electrons. The number of hydrogen-bond donors (Lipinski definition) is 0. The molecule has 0 atom stereocenters. The second-order valence-electron chi connectivity index (χ2n) is 8.57. The number of aryl methyl sites for hydroxylation is 2. The van der Waals surface area contributed by atoms with Crippen LogP contribution in [-0.4, -0.2) is 31.1 Å². The highest BCUT2D eigenvalue weighted by atomic mass is 16.5. The molecule has 3 rings (SSSR count). The highest BCUT2D eigenvalue weighted by Crippen LogP contribution is 2.25. The Morgan fingerprint density at radius 2 is 1.30 bits per heavy atom. The second kappa shape index (κ2) is 13.1. The van der Waals surface area contributed by atoms with E-state index in [1.54, 1.807) is 68.4 Å². The molecule has 3 aromatic rings. The van der Waals surface area contributed by atoms with Crippen LogP contribution in [0.5, 0.6) is 17.2 Å². The molecule has 0 saturated carbocycles. The second-order valence-corrected chi connectivity index (χ2v) is 8.57. The fraction of sp³-hybridized carbons (Fsp3) is 0.233. The first-order valence-corrected chi connectivity index (χ1v) is 11.9. The molecule has 0 aromatic heterocycles. The molecule has 0 unspecified atom stereocenters. The molecule has 0 radical (unpaired) electrons. The van der Waals surface area contributed by atoms with E-state index in [0.717, 1.165) is 5.56 Å². The third kappa shape index (κ3) is 8.35. The predicted octanol–water partition coefficient (Wildman–Crippen LogP) is 6.02. The van der Waals surface area contributed by atoms with E-state index >= 15 is 0 Å². The van der Waals surface area contributed by atoms with Gasteiger partial charge in [-0.3, -0.25) is 0 Å². The van der Waals surface area contributed by atoms with Gasteiger partial charge in [0, 0.05) is 5.57 Å². The summed E-state index contributed by atoms with van der Waals surface area (Å²) in [4.78, 5) is 36.2. The van der Waals surface area contributed by atoms with Crippen molar-refractivity contribution in [2.24, 2.45) is 0 Å². The van der Waals surface area contributed by atoms with Crippen molar-refractivity contribution in [2.75, 3.05) is 13.2 Å². The highest BCUT2D eigenvalue weighted by Gasteiger charge is 2.13. The molecule has 7 heteroatoms. The first kappa shape index (κ1) is 27.2. The summed E-state index contributed by atoms with van der Waals surface area (Å²) in [7, 11) is 0. The van der Waals surface area contributed by atoms with E-state index in [0.29, 0.717) is 65.6 Å². The third-order valence-electron chi connectivity index (χ3n) is 5.33. The van der Waals surface area contributed by atoms with E-state index in [9.17, 15) is 14.4 Å². The Morgan fingerprint density at radius 3 is 1.92 bits per heavy atom. The predicted molar refractivity (Wildman–Crippen MR) is 139 cm³/mol. The van der Waals surface area contributed by atoms with E-state index in [1.807, 2.05) is 19.1 Å². The van der Waals surface area contributed by atoms with Crippen molar-refractivity contribution < 1.29 is 33.3 Å². The Bertz CT molecular complexity index is 1260. The highest BCUT2D eigenvalue weighted by molar-refractivity contribution is 5.92. The Hall–Kier alpha value is -4.39. The number of carbonyl (C=O) groups excluding carboxylic acids is 3. The van der Waals surface area contributed by atoms with E-state index in [2.05, 4.69) is 6.58 Å². The van der Waals surface area contributed by atoms with E-state index in [4.69, 9.17) is 18.9 Å². The van der Waals surface area contributed by atoms with Gasteiger partial charge in [0.1, 0.15) is 17.2 Å². The first-order valence-electron chi connectivity index (χ1n) is 11.9. The van der Waals surface area contributed by atoms with Crippen molar-refractivity contribution in [1.82, 2.24) is 0 Å². The van der Waals surface area contributed by atoms with Gasteiger partial charge in [0.2, 0.25) is 0 Å². The number of unbranched alkanes of at least 4 members (excludes halogenated alkanes) is 1. The molecule has 0 saturated heterocycles. The lowest BCUT2D eigenvalue weighted by Gasteiger charge is -2.11. The van der Waals surface area contributed by atoms with Crippen LogP contribution in [0.2, 0.25) is 0 Å². The van der Waals surface area contributed by atoms with Crippen LogP contribution in [0.4, 0.5) is 0 Å². The number of ether oxygens (including phenoxy) is 4. The molecular weight excluding hydrogens is 472 g/mol. The van der Waals surface area contributed by atoms with Gasteiger partial charge in [0.25, 0.3) is 0 Å². The number of benzene rings is 3. The largest absolute Gasteiger partial charge is 0.494 e. The van der Waals surface area contributed by atoms with Gasteiger partial charge in [-0.25, -0.2) is 14.4 Å². The monoisotopic (exact) mass is 502 g/mol. The number of rotatable bonds is 11. The van der Waals surface area contributed by atoms with Crippen LogP contribution in [0.15, 0.2) is 78.9 Å². The molecule has 0 bridgehead atoms. The van der Waals surface area contributed by atoms with Crippen molar-refractivity contribution in [3.63, 3.8) is 0 Å². The fourth-order valence-electron chi connectivity index (χ4n) is 3.18. The summed E-state index contributed by atoms with van der Waals surface area (Å²) in [6.07, 6.45) is 1.38. The molecule has 0 N–H and O–H groups in total. The van der Waals surface area contributed by atoms with Crippen molar-refractivity contribution in [2.45, 2.75) is 33.6 Å². The lowest BCUT2D eigenvalue weighted by molar-refractivity contribution is -0.139. The smallest absolute Gasteiger partial charge is 0.343 e. The van der Waals surface area contributed by atoms with Crippen LogP contribution in [0, 0.1) is 13.8 Å². The Labute approximate surface area is 216 Å². The van der Waals surface area contributed by atoms with Gasteiger partial charge in [0.15, 0.2) is 0 Å². The standard InChI is InChI=1S/C30H30O7/c1-20(2)28(31)35-18-6-5-17-34-25-13-11-24(12-14-25)30(33)37-27-16-15-26(19-22(27)4)36-29(32)23-9-7-21(3)8-10-23/h7-16,19H,1,5-6,17-18H2,2-4H3. The summed E-state index contributed by atoms with van der Waals surface area (Å²) in [5.74, 6) is -0.0234. The summed E-state index contributed by atoms with van der Waals surface area (Å²) in [6.45, 7) is 9.61. The van der Waals surface area contributed by atoms with Crippen molar-refractivity contribution in [3.8, 4) is 17.2 Å². The maximum Gasteiger partial charge on any atom is 0.343 e. The molecular formula is C30H30O7. The maximum absolute atomic E-state index is 12.6. The molecule has 0 heterocycles. The van der Waals surface area contributed by atoms with Gasteiger partial charge in [-0.15, -0.1) is 0 Å². The van der Waals surface area contributed by atoms with Crippen molar-refractivity contribution >= 4 is 17.9 Å². The maximum atomic E-state index is 12.6. The summed E-state index contributed by atoms with van der Waals surface area (Å²) in [5, 5.41) is 0. The minimum atomic E-state index is -0.515. The van der Waals surface area contributed by atoms with E-state index in [1.165, 1.54) is 0 Å². The SMILES string of the molecule is C=C(C)C(=O)OCCCCOc1ccc(C(=O)Oc2ccc(OC(=O)c3ccc(C)cc3)cc2C)cc1. The average molecular weight is 503 g/mol. The minimum absolute atomic E-state index is 0.315. The molecule has 37 heavy (non-hydrogen) atoms. The first-order chi connectivity index (χ1) is 17.7. The molecule has 0 aliphatic rings. The number of carbonyl (C=O) groups is 3. The molecule has 0 aliphatic carbocycles. The van der Waals surface area contributed by atoms with Crippen LogP contribution in [0.3, 0.4) is 0 Å². The van der Waals surface area contributed by atoms with Crippen LogP contribution >= 0.6 is 0 Å². The van der Waals surface area contributed by atoms with E-state index < -0.39 is 17.9 Å². The molecule has 0 fully saturated rings. The summed E-state index contributed by atoms with van der Waals surface area (Å²) < 4.78 is 21.7. The Balaban J connectivity index is 1.47. The molecule has 0 amide bonds. The molecule has 0 aliphatic heterocycles. The van der Waals surface area contributed by atoms with Gasteiger partial charge in [-0.05, 0) is 93.8 Å².